The van der Waals surface area contributed by atoms with E-state index in [0.29, 0.717) is 6.61 Å². The van der Waals surface area contributed by atoms with E-state index in [0.717, 1.165) is 6.42 Å². The van der Waals surface area contributed by atoms with Crippen LogP contribution in [0.15, 0.2) is 0 Å². The topological polar surface area (TPSA) is 11.3 Å². The van der Waals surface area contributed by atoms with Gasteiger partial charge in [-0.1, -0.05) is 0 Å². The van der Waals surface area contributed by atoms with Gasteiger partial charge in [0.15, 0.2) is 0 Å². The molecule has 1 heteroatoms. The molecule has 0 aromatic heterocycles. The molecule has 0 bridgehead atoms. The van der Waals surface area contributed by atoms with Gasteiger partial charge in [-0.15, -0.1) is 0 Å². The standard InChI is InChI=1S/C5H9O/c1-3-4-5-6-2/h4H,1-3,5H2. The average molecular weight is 85.1 g/mol. The Hall–Kier alpha value is -0.330. The van der Waals surface area contributed by atoms with Gasteiger partial charge < -0.3 is 6.92 Å². The molecule has 0 unspecified atom stereocenters. The molecule has 6 heavy (non-hydrogen) atoms. The van der Waals surface area contributed by atoms with Gasteiger partial charge in [-0.05, 0) is 0 Å². The molecular weight excluding hydrogens is 76.1 g/mol. The molecular formula is C5H9O. The van der Waals surface area contributed by atoms with Crippen LogP contribution in [0.4, 0.5) is 0 Å². The quantitative estimate of drug-likeness (QED) is 0.272. The minimum absolute atomic E-state index is 0.615. The van der Waals surface area contributed by atoms with Crippen LogP contribution < -0.4 is 0 Å². The maximum atomic E-state index is 4.44. The van der Waals surface area contributed by atoms with E-state index >= 15 is 0 Å². The third kappa shape index (κ3) is 3.67. The van der Waals surface area contributed by atoms with Crippen molar-refractivity contribution in [1.29, 1.82) is 0 Å². The fourth-order valence-electron chi connectivity index (χ4n) is 0.167. The monoisotopic (exact) mass is 85.1 g/mol. The number of unbranched alkanes of at least 4 members (excludes halogenated alkanes) is 1. The molecule has 0 saturated carbocycles. The Morgan fingerprint density at radius 2 is 2.50 bits per heavy atom. The molecule has 0 heterocycles. The second-order valence-electron chi connectivity index (χ2n) is 0.948. The van der Waals surface area contributed by atoms with E-state index < -0.39 is 0 Å². The second kappa shape index (κ2) is 4.67. The van der Waals surface area contributed by atoms with Gasteiger partial charge in [-0.3, -0.25) is 4.42 Å². The van der Waals surface area contributed by atoms with Gasteiger partial charge in [-0.2, -0.15) is 6.42 Å². The Morgan fingerprint density at radius 3 is 2.67 bits per heavy atom. The smallest absolute Gasteiger partial charge is 0.273 e. The summed E-state index contributed by atoms with van der Waals surface area (Å²) >= 11 is 0. The van der Waals surface area contributed by atoms with Crippen molar-refractivity contribution in [2.45, 2.75) is 6.42 Å². The zero-order valence-electron chi connectivity index (χ0n) is 3.81. The lowest BCUT2D eigenvalue weighted by Crippen LogP contribution is -1.80. The van der Waals surface area contributed by atoms with Gasteiger partial charge in [0.1, 0.15) is 0 Å². The van der Waals surface area contributed by atoms with E-state index in [9.17, 15) is 0 Å². The highest BCUT2D eigenvalue weighted by Gasteiger charge is 1.78. The molecule has 35 valence electrons. The van der Waals surface area contributed by atoms with Crippen LogP contribution in [0, 0.1) is 13.3 Å². The molecule has 0 saturated heterocycles. The zero-order chi connectivity index (χ0) is 4.83. The summed E-state index contributed by atoms with van der Waals surface area (Å²) in [5.41, 5.74) is 0. The SMILES string of the molecule is C=[O+]C[CH]C[CH2-]. The van der Waals surface area contributed by atoms with Crippen molar-refractivity contribution >= 4 is 6.79 Å². The molecule has 0 amide bonds. The van der Waals surface area contributed by atoms with E-state index in [1.807, 2.05) is 6.42 Å². The van der Waals surface area contributed by atoms with E-state index in [1.54, 1.807) is 0 Å². The molecule has 1 radical (unpaired) electrons. The Kier molecular flexibility index (Phi) is 4.41. The summed E-state index contributed by atoms with van der Waals surface area (Å²) in [5.74, 6) is 0. The molecule has 0 aliphatic carbocycles. The van der Waals surface area contributed by atoms with Crippen LogP contribution in [0.25, 0.3) is 0 Å². The molecule has 0 rings (SSSR count). The Balaban J connectivity index is 2.49. The van der Waals surface area contributed by atoms with Gasteiger partial charge >= 0.3 is 0 Å². The minimum Gasteiger partial charge on any atom is -0.343 e. The van der Waals surface area contributed by atoms with Crippen molar-refractivity contribution in [3.05, 3.63) is 13.3 Å². The third-order valence-electron chi connectivity index (χ3n) is 0.440. The molecule has 0 spiro atoms. The lowest BCUT2D eigenvalue weighted by Gasteiger charge is -1.80. The summed E-state index contributed by atoms with van der Waals surface area (Å²) in [5, 5.41) is 0. The fraction of sp³-hybridized carbons (Fsp3) is 0.400. The maximum absolute atomic E-state index is 4.44. The van der Waals surface area contributed by atoms with Crippen molar-refractivity contribution in [3.63, 3.8) is 0 Å². The molecule has 0 N–H and O–H groups in total. The van der Waals surface area contributed by atoms with E-state index in [4.69, 9.17) is 0 Å². The largest absolute Gasteiger partial charge is 0.343 e. The van der Waals surface area contributed by atoms with Crippen LogP contribution in [-0.2, 0) is 4.42 Å². The van der Waals surface area contributed by atoms with Gasteiger partial charge in [0.2, 0.25) is 0 Å². The summed E-state index contributed by atoms with van der Waals surface area (Å²) in [7, 11) is 0. The Labute approximate surface area is 38.7 Å². The van der Waals surface area contributed by atoms with E-state index in [-0.39, 0.29) is 0 Å². The highest BCUT2D eigenvalue weighted by atomic mass is 16.4. The van der Waals surface area contributed by atoms with Crippen LogP contribution in [0.5, 0.6) is 0 Å². The Bertz CT molecular complexity index is 32.9. The van der Waals surface area contributed by atoms with Crippen molar-refractivity contribution < 1.29 is 4.42 Å². The van der Waals surface area contributed by atoms with Crippen LogP contribution in [0.3, 0.4) is 0 Å². The number of rotatable bonds is 3. The summed E-state index contributed by atoms with van der Waals surface area (Å²) in [6.07, 6.45) is 2.72. The lowest BCUT2D eigenvalue weighted by atomic mass is 10.4. The normalized spacial score (nSPS) is 8.17. The highest BCUT2D eigenvalue weighted by Crippen LogP contribution is 1.77. The van der Waals surface area contributed by atoms with Crippen molar-refractivity contribution in [2.75, 3.05) is 6.61 Å². The summed E-state index contributed by atoms with van der Waals surface area (Å²) in [6, 6.07) is 0. The van der Waals surface area contributed by atoms with E-state index in [2.05, 4.69) is 18.1 Å². The second-order valence-corrected chi connectivity index (χ2v) is 0.948. The minimum atomic E-state index is 0.615. The van der Waals surface area contributed by atoms with Crippen molar-refractivity contribution in [2.24, 2.45) is 0 Å². The maximum Gasteiger partial charge on any atom is 0.273 e. The van der Waals surface area contributed by atoms with Crippen molar-refractivity contribution in [3.8, 4) is 0 Å². The summed E-state index contributed by atoms with van der Waals surface area (Å²) < 4.78 is 4.44. The third-order valence-corrected chi connectivity index (χ3v) is 0.440. The number of hydrogen-bond donors (Lipinski definition) is 0. The van der Waals surface area contributed by atoms with Crippen LogP contribution in [0.2, 0.25) is 0 Å². The highest BCUT2D eigenvalue weighted by molar-refractivity contribution is 5.12. The lowest BCUT2D eigenvalue weighted by molar-refractivity contribution is -0.438. The molecule has 0 fully saturated rings. The fourth-order valence-corrected chi connectivity index (χ4v) is 0.167. The first kappa shape index (κ1) is 5.67. The molecule has 0 atom stereocenters. The van der Waals surface area contributed by atoms with Crippen LogP contribution in [-0.4, -0.2) is 13.4 Å². The Morgan fingerprint density at radius 1 is 1.83 bits per heavy atom. The molecule has 0 aliphatic heterocycles. The number of carbonyl (C=O) groups excluding carboxylic acids is 1. The molecule has 0 aromatic rings. The molecule has 0 aromatic carbocycles. The van der Waals surface area contributed by atoms with Crippen LogP contribution in [0.1, 0.15) is 6.42 Å². The van der Waals surface area contributed by atoms with Crippen molar-refractivity contribution in [1.82, 2.24) is 0 Å². The first-order valence-electron chi connectivity index (χ1n) is 1.89. The van der Waals surface area contributed by atoms with Gasteiger partial charge in [-0.25, -0.2) is 0 Å². The molecule has 1 nitrogen and oxygen atoms in total. The first-order valence-corrected chi connectivity index (χ1v) is 1.89. The first-order chi connectivity index (χ1) is 2.91. The summed E-state index contributed by atoms with van der Waals surface area (Å²) in [4.78, 5) is 0. The predicted octanol–water partition coefficient (Wildman–Crippen LogP) is 0.779. The summed E-state index contributed by atoms with van der Waals surface area (Å²) in [6.45, 7) is 7.34. The predicted molar refractivity (Wildman–Crippen MR) is 26.3 cm³/mol. The number of hydrogen-bond acceptors (Lipinski definition) is 0. The molecule has 0 aliphatic rings. The zero-order valence-corrected chi connectivity index (χ0v) is 3.81. The van der Waals surface area contributed by atoms with Gasteiger partial charge in [0, 0.05) is 6.42 Å². The van der Waals surface area contributed by atoms with Crippen LogP contribution >= 0.6 is 0 Å². The average Bonchev–Trinajstić information content (AvgIpc) is 1.61. The van der Waals surface area contributed by atoms with Gasteiger partial charge in [0.05, 0.1) is 0 Å². The van der Waals surface area contributed by atoms with E-state index in [1.165, 1.54) is 0 Å². The van der Waals surface area contributed by atoms with Gasteiger partial charge in [0.25, 0.3) is 13.4 Å².